The SMILES string of the molecule is Cc1cc(NC(=O)c2ccc([N+](=O)[O-])c(C)c2)ccc1N1CCCCC1=O. The summed E-state index contributed by atoms with van der Waals surface area (Å²) in [5.41, 5.74) is 3.15. The largest absolute Gasteiger partial charge is 0.322 e. The zero-order chi connectivity index (χ0) is 19.6. The second kappa shape index (κ2) is 7.57. The molecule has 2 aromatic rings. The third-order valence-electron chi connectivity index (χ3n) is 4.72. The van der Waals surface area contributed by atoms with Gasteiger partial charge in [-0.15, -0.1) is 0 Å². The number of piperidine rings is 1. The summed E-state index contributed by atoms with van der Waals surface area (Å²) in [5.74, 6) is -0.211. The second-order valence-corrected chi connectivity index (χ2v) is 6.72. The molecule has 1 aliphatic rings. The van der Waals surface area contributed by atoms with Gasteiger partial charge in [0.2, 0.25) is 5.91 Å². The van der Waals surface area contributed by atoms with Crippen LogP contribution in [0.3, 0.4) is 0 Å². The van der Waals surface area contributed by atoms with Crippen LogP contribution in [0.1, 0.15) is 40.7 Å². The molecule has 1 saturated heterocycles. The van der Waals surface area contributed by atoms with E-state index < -0.39 is 4.92 Å². The van der Waals surface area contributed by atoms with Gasteiger partial charge in [-0.3, -0.25) is 19.7 Å². The first-order valence-electron chi connectivity index (χ1n) is 8.84. The third kappa shape index (κ3) is 3.97. The van der Waals surface area contributed by atoms with Crippen molar-refractivity contribution in [2.75, 3.05) is 16.8 Å². The molecule has 140 valence electrons. The molecule has 0 bridgehead atoms. The molecule has 27 heavy (non-hydrogen) atoms. The van der Waals surface area contributed by atoms with Gasteiger partial charge in [0.25, 0.3) is 11.6 Å². The smallest absolute Gasteiger partial charge is 0.272 e. The Kier molecular flexibility index (Phi) is 5.21. The summed E-state index contributed by atoms with van der Waals surface area (Å²) >= 11 is 0. The summed E-state index contributed by atoms with van der Waals surface area (Å²) in [6.45, 7) is 4.22. The molecule has 0 aromatic heterocycles. The molecular formula is C20H21N3O4. The van der Waals surface area contributed by atoms with Gasteiger partial charge in [0, 0.05) is 41.5 Å². The Morgan fingerprint density at radius 1 is 1.11 bits per heavy atom. The van der Waals surface area contributed by atoms with Crippen LogP contribution in [0.5, 0.6) is 0 Å². The van der Waals surface area contributed by atoms with Crippen LogP contribution in [0, 0.1) is 24.0 Å². The van der Waals surface area contributed by atoms with E-state index in [1.165, 1.54) is 18.2 Å². The van der Waals surface area contributed by atoms with Crippen LogP contribution >= 0.6 is 0 Å². The van der Waals surface area contributed by atoms with E-state index in [0.717, 1.165) is 24.1 Å². The highest BCUT2D eigenvalue weighted by molar-refractivity contribution is 6.05. The highest BCUT2D eigenvalue weighted by Crippen LogP contribution is 2.27. The van der Waals surface area contributed by atoms with Gasteiger partial charge >= 0.3 is 0 Å². The Morgan fingerprint density at radius 2 is 1.89 bits per heavy atom. The molecule has 7 nitrogen and oxygen atoms in total. The van der Waals surface area contributed by atoms with E-state index in [2.05, 4.69) is 5.32 Å². The number of carbonyl (C=O) groups is 2. The number of nitro benzene ring substituents is 1. The first-order valence-corrected chi connectivity index (χ1v) is 8.84. The molecule has 1 N–H and O–H groups in total. The number of nitro groups is 1. The zero-order valence-corrected chi connectivity index (χ0v) is 15.3. The Hall–Kier alpha value is -3.22. The minimum atomic E-state index is -0.471. The van der Waals surface area contributed by atoms with Crippen molar-refractivity contribution in [1.82, 2.24) is 0 Å². The second-order valence-electron chi connectivity index (χ2n) is 6.72. The number of anilines is 2. The minimum Gasteiger partial charge on any atom is -0.322 e. The monoisotopic (exact) mass is 367 g/mol. The maximum absolute atomic E-state index is 12.5. The van der Waals surface area contributed by atoms with Crippen LogP contribution in [0.4, 0.5) is 17.1 Å². The summed E-state index contributed by atoms with van der Waals surface area (Å²) < 4.78 is 0. The van der Waals surface area contributed by atoms with Gasteiger partial charge in [0.1, 0.15) is 0 Å². The van der Waals surface area contributed by atoms with Crippen molar-refractivity contribution < 1.29 is 14.5 Å². The molecule has 7 heteroatoms. The minimum absolute atomic E-state index is 0.0158. The lowest BCUT2D eigenvalue weighted by molar-refractivity contribution is -0.385. The average Bonchev–Trinajstić information content (AvgIpc) is 2.62. The molecule has 2 aromatic carbocycles. The zero-order valence-electron chi connectivity index (χ0n) is 15.3. The summed E-state index contributed by atoms with van der Waals surface area (Å²) in [6, 6.07) is 9.71. The molecule has 1 heterocycles. The van der Waals surface area contributed by atoms with Gasteiger partial charge in [0.05, 0.1) is 4.92 Å². The first-order chi connectivity index (χ1) is 12.9. The van der Waals surface area contributed by atoms with Crippen molar-refractivity contribution in [3.63, 3.8) is 0 Å². The van der Waals surface area contributed by atoms with Gasteiger partial charge in [-0.05, 0) is 62.6 Å². The first kappa shape index (κ1) is 18.6. The fraction of sp³-hybridized carbons (Fsp3) is 0.300. The molecular weight excluding hydrogens is 346 g/mol. The van der Waals surface area contributed by atoms with Crippen molar-refractivity contribution in [1.29, 1.82) is 0 Å². The molecule has 0 saturated carbocycles. The summed E-state index contributed by atoms with van der Waals surface area (Å²) in [4.78, 5) is 36.8. The lowest BCUT2D eigenvalue weighted by Gasteiger charge is -2.28. The molecule has 1 fully saturated rings. The van der Waals surface area contributed by atoms with Crippen LogP contribution < -0.4 is 10.2 Å². The number of hydrogen-bond donors (Lipinski definition) is 1. The lowest BCUT2D eigenvalue weighted by atomic mass is 10.1. The Labute approximate surface area is 157 Å². The van der Waals surface area contributed by atoms with Gasteiger partial charge < -0.3 is 10.2 Å². The summed E-state index contributed by atoms with van der Waals surface area (Å²) in [6.07, 6.45) is 2.48. The fourth-order valence-corrected chi connectivity index (χ4v) is 3.30. The predicted molar refractivity (Wildman–Crippen MR) is 103 cm³/mol. The number of benzene rings is 2. The third-order valence-corrected chi connectivity index (χ3v) is 4.72. The predicted octanol–water partition coefficient (Wildman–Crippen LogP) is 3.98. The van der Waals surface area contributed by atoms with Crippen LogP contribution in [-0.4, -0.2) is 23.3 Å². The van der Waals surface area contributed by atoms with E-state index >= 15 is 0 Å². The van der Waals surface area contributed by atoms with E-state index in [4.69, 9.17) is 0 Å². The van der Waals surface area contributed by atoms with Crippen LogP contribution in [-0.2, 0) is 4.79 Å². The van der Waals surface area contributed by atoms with Crippen molar-refractivity contribution in [3.8, 4) is 0 Å². The van der Waals surface area contributed by atoms with Crippen molar-refractivity contribution in [2.45, 2.75) is 33.1 Å². The molecule has 0 radical (unpaired) electrons. The van der Waals surface area contributed by atoms with E-state index in [1.54, 1.807) is 17.9 Å². The molecule has 1 aliphatic heterocycles. The Morgan fingerprint density at radius 3 is 2.52 bits per heavy atom. The summed E-state index contributed by atoms with van der Waals surface area (Å²) in [7, 11) is 0. The van der Waals surface area contributed by atoms with Gasteiger partial charge in [-0.2, -0.15) is 0 Å². The number of amides is 2. The fourth-order valence-electron chi connectivity index (χ4n) is 3.30. The Balaban J connectivity index is 1.77. The lowest BCUT2D eigenvalue weighted by Crippen LogP contribution is -2.35. The molecule has 0 atom stereocenters. The number of rotatable bonds is 4. The standard InChI is InChI=1S/C20H21N3O4/c1-13-11-15(6-8-18(13)23(26)27)20(25)21-16-7-9-17(14(2)12-16)22-10-4-3-5-19(22)24/h6-9,11-12H,3-5,10H2,1-2H3,(H,21,25). The molecule has 0 spiro atoms. The number of carbonyl (C=O) groups excluding carboxylic acids is 2. The van der Waals surface area contributed by atoms with Crippen LogP contribution in [0.15, 0.2) is 36.4 Å². The molecule has 0 unspecified atom stereocenters. The van der Waals surface area contributed by atoms with E-state index in [-0.39, 0.29) is 17.5 Å². The maximum atomic E-state index is 12.5. The number of hydrogen-bond acceptors (Lipinski definition) is 4. The number of nitrogens with one attached hydrogen (secondary N) is 1. The van der Waals surface area contributed by atoms with Crippen LogP contribution in [0.25, 0.3) is 0 Å². The van der Waals surface area contributed by atoms with Gasteiger partial charge in [-0.1, -0.05) is 0 Å². The van der Waals surface area contributed by atoms with E-state index in [0.29, 0.717) is 29.8 Å². The van der Waals surface area contributed by atoms with Gasteiger partial charge in [0.15, 0.2) is 0 Å². The van der Waals surface area contributed by atoms with Crippen molar-refractivity contribution >= 4 is 28.9 Å². The number of aryl methyl sites for hydroxylation is 2. The van der Waals surface area contributed by atoms with Gasteiger partial charge in [-0.25, -0.2) is 0 Å². The molecule has 0 aliphatic carbocycles. The van der Waals surface area contributed by atoms with Crippen molar-refractivity contribution in [3.05, 3.63) is 63.2 Å². The van der Waals surface area contributed by atoms with Crippen molar-refractivity contribution in [2.24, 2.45) is 0 Å². The topological polar surface area (TPSA) is 92.5 Å². The highest BCUT2D eigenvalue weighted by Gasteiger charge is 2.21. The molecule has 2 amide bonds. The number of nitrogens with zero attached hydrogens (tertiary/aromatic N) is 2. The quantitative estimate of drug-likeness (QED) is 0.653. The Bertz CT molecular complexity index is 923. The maximum Gasteiger partial charge on any atom is 0.272 e. The summed E-state index contributed by atoms with van der Waals surface area (Å²) in [5, 5.41) is 13.7. The van der Waals surface area contributed by atoms with E-state index in [9.17, 15) is 19.7 Å². The highest BCUT2D eigenvalue weighted by atomic mass is 16.6. The van der Waals surface area contributed by atoms with Crippen LogP contribution in [0.2, 0.25) is 0 Å². The molecule has 3 rings (SSSR count). The average molecular weight is 367 g/mol. The van der Waals surface area contributed by atoms with E-state index in [1.807, 2.05) is 19.1 Å². The normalized spacial score (nSPS) is 14.1.